The third-order valence-electron chi connectivity index (χ3n) is 4.03. The van der Waals surface area contributed by atoms with Crippen molar-refractivity contribution in [2.75, 3.05) is 19.4 Å². The van der Waals surface area contributed by atoms with Gasteiger partial charge in [-0.05, 0) is 44.3 Å². The molecule has 6 heteroatoms. The lowest BCUT2D eigenvalue weighted by Crippen LogP contribution is -2.41. The zero-order valence-electron chi connectivity index (χ0n) is 14.3. The van der Waals surface area contributed by atoms with Crippen LogP contribution >= 0.6 is 0 Å². The molecule has 1 atom stereocenters. The molecular formula is C19H21N5O. The number of carbonyl (C=O) groups is 1. The Balaban J connectivity index is 1.74. The largest absolute Gasteiger partial charge is 0.325 e. The molecule has 0 saturated heterocycles. The number of benzene rings is 2. The first-order valence-corrected chi connectivity index (χ1v) is 8.10. The molecule has 0 aliphatic rings. The first-order chi connectivity index (χ1) is 12.1. The summed E-state index contributed by atoms with van der Waals surface area (Å²) in [4.78, 5) is 14.7. The molecule has 0 radical (unpaired) electrons. The molecule has 0 saturated carbocycles. The minimum atomic E-state index is -0.249. The van der Waals surface area contributed by atoms with Gasteiger partial charge in [-0.2, -0.15) is 0 Å². The Kier molecular flexibility index (Phi) is 5.20. The topological polar surface area (TPSA) is 63.1 Å². The SMILES string of the molecule is CN(C)[C@@H](Cc1ccccc1)C(=O)Nc1cccc(-n2cnnc2)c1. The highest BCUT2D eigenvalue weighted by molar-refractivity contribution is 5.95. The quantitative estimate of drug-likeness (QED) is 0.751. The van der Waals surface area contributed by atoms with Crippen molar-refractivity contribution in [1.29, 1.82) is 0 Å². The molecule has 0 aliphatic heterocycles. The van der Waals surface area contributed by atoms with Gasteiger partial charge < -0.3 is 5.32 Å². The highest BCUT2D eigenvalue weighted by Gasteiger charge is 2.21. The second-order valence-electron chi connectivity index (χ2n) is 6.08. The van der Waals surface area contributed by atoms with E-state index >= 15 is 0 Å². The summed E-state index contributed by atoms with van der Waals surface area (Å²) >= 11 is 0. The lowest BCUT2D eigenvalue weighted by atomic mass is 10.0. The molecule has 3 rings (SSSR count). The Hall–Kier alpha value is -2.99. The third-order valence-corrected chi connectivity index (χ3v) is 4.03. The van der Waals surface area contributed by atoms with Crippen LogP contribution in [-0.2, 0) is 11.2 Å². The summed E-state index contributed by atoms with van der Waals surface area (Å²) in [6.07, 6.45) is 3.91. The second-order valence-corrected chi connectivity index (χ2v) is 6.08. The van der Waals surface area contributed by atoms with E-state index in [2.05, 4.69) is 15.5 Å². The van der Waals surface area contributed by atoms with Gasteiger partial charge in [0.05, 0.1) is 11.7 Å². The number of nitrogens with one attached hydrogen (secondary N) is 1. The average Bonchev–Trinajstić information content (AvgIpc) is 3.15. The Morgan fingerprint density at radius 1 is 1.08 bits per heavy atom. The van der Waals surface area contributed by atoms with E-state index in [1.807, 2.05) is 73.6 Å². The summed E-state index contributed by atoms with van der Waals surface area (Å²) < 4.78 is 1.79. The van der Waals surface area contributed by atoms with Crippen molar-refractivity contribution < 1.29 is 4.79 Å². The van der Waals surface area contributed by atoms with E-state index in [4.69, 9.17) is 0 Å². The van der Waals surface area contributed by atoms with Crippen LogP contribution in [0.1, 0.15) is 5.56 Å². The molecule has 1 N–H and O–H groups in total. The van der Waals surface area contributed by atoms with Crippen LogP contribution in [0, 0.1) is 0 Å². The molecule has 0 aliphatic carbocycles. The fourth-order valence-corrected chi connectivity index (χ4v) is 2.65. The summed E-state index contributed by atoms with van der Waals surface area (Å²) in [6, 6.07) is 17.4. The van der Waals surface area contributed by atoms with Crippen LogP contribution in [0.25, 0.3) is 5.69 Å². The van der Waals surface area contributed by atoms with Gasteiger partial charge in [0, 0.05) is 5.69 Å². The van der Waals surface area contributed by atoms with Crippen LogP contribution in [0.2, 0.25) is 0 Å². The average molecular weight is 335 g/mol. The number of carbonyl (C=O) groups excluding carboxylic acids is 1. The first-order valence-electron chi connectivity index (χ1n) is 8.10. The van der Waals surface area contributed by atoms with E-state index in [9.17, 15) is 4.79 Å². The number of hydrogen-bond acceptors (Lipinski definition) is 4. The number of likely N-dealkylation sites (N-methyl/N-ethyl adjacent to an activating group) is 1. The van der Waals surface area contributed by atoms with Gasteiger partial charge in [-0.15, -0.1) is 10.2 Å². The highest BCUT2D eigenvalue weighted by Crippen LogP contribution is 2.16. The molecule has 6 nitrogen and oxygen atoms in total. The second kappa shape index (κ2) is 7.72. The van der Waals surface area contributed by atoms with Gasteiger partial charge in [0.1, 0.15) is 12.7 Å². The Morgan fingerprint density at radius 2 is 1.80 bits per heavy atom. The van der Waals surface area contributed by atoms with Gasteiger partial charge in [-0.3, -0.25) is 14.3 Å². The Labute approximate surface area is 147 Å². The molecular weight excluding hydrogens is 314 g/mol. The molecule has 0 unspecified atom stereocenters. The zero-order chi connectivity index (χ0) is 17.6. The number of nitrogens with zero attached hydrogens (tertiary/aromatic N) is 4. The molecule has 0 spiro atoms. The van der Waals surface area contributed by atoms with E-state index in [1.54, 1.807) is 17.2 Å². The molecule has 1 heterocycles. The maximum absolute atomic E-state index is 12.8. The van der Waals surface area contributed by atoms with Crippen molar-refractivity contribution in [2.45, 2.75) is 12.5 Å². The summed E-state index contributed by atoms with van der Waals surface area (Å²) in [6.45, 7) is 0. The summed E-state index contributed by atoms with van der Waals surface area (Å²) in [7, 11) is 3.83. The fraction of sp³-hybridized carbons (Fsp3) is 0.211. The zero-order valence-corrected chi connectivity index (χ0v) is 14.3. The van der Waals surface area contributed by atoms with Crippen LogP contribution in [0.4, 0.5) is 5.69 Å². The van der Waals surface area contributed by atoms with Crippen LogP contribution < -0.4 is 5.32 Å². The standard InChI is InChI=1S/C19H21N5O/c1-23(2)18(11-15-7-4-3-5-8-15)19(25)22-16-9-6-10-17(12-16)24-13-20-21-14-24/h3-10,12-14,18H,11H2,1-2H3,(H,22,25)/t18-/m0/s1. The summed E-state index contributed by atoms with van der Waals surface area (Å²) in [5, 5.41) is 10.6. The Morgan fingerprint density at radius 3 is 2.48 bits per heavy atom. The Bertz CT molecular complexity index is 815. The van der Waals surface area contributed by atoms with Crippen molar-refractivity contribution in [2.24, 2.45) is 0 Å². The van der Waals surface area contributed by atoms with E-state index < -0.39 is 0 Å². The van der Waals surface area contributed by atoms with Crippen LogP contribution in [0.15, 0.2) is 67.3 Å². The van der Waals surface area contributed by atoms with Gasteiger partial charge in [-0.1, -0.05) is 36.4 Å². The minimum absolute atomic E-state index is 0.0326. The molecule has 2 aromatic carbocycles. The van der Waals surface area contributed by atoms with Crippen LogP contribution in [-0.4, -0.2) is 45.7 Å². The molecule has 1 amide bonds. The highest BCUT2D eigenvalue weighted by atomic mass is 16.2. The number of anilines is 1. The van der Waals surface area contributed by atoms with E-state index in [0.717, 1.165) is 16.9 Å². The monoisotopic (exact) mass is 335 g/mol. The molecule has 128 valence electrons. The van der Waals surface area contributed by atoms with E-state index in [1.165, 1.54) is 0 Å². The van der Waals surface area contributed by atoms with Crippen molar-refractivity contribution in [3.63, 3.8) is 0 Å². The summed E-state index contributed by atoms with van der Waals surface area (Å²) in [5.74, 6) is -0.0326. The number of aromatic nitrogens is 3. The predicted molar refractivity (Wildman–Crippen MR) is 97.6 cm³/mol. The van der Waals surface area contributed by atoms with E-state index in [-0.39, 0.29) is 11.9 Å². The predicted octanol–water partition coefficient (Wildman–Crippen LogP) is 2.38. The molecule has 0 bridgehead atoms. The lowest BCUT2D eigenvalue weighted by molar-refractivity contribution is -0.120. The third kappa shape index (κ3) is 4.30. The molecule has 0 fully saturated rings. The van der Waals surface area contributed by atoms with Crippen molar-refractivity contribution in [3.8, 4) is 5.69 Å². The number of hydrogen-bond donors (Lipinski definition) is 1. The van der Waals surface area contributed by atoms with Gasteiger partial charge in [0.25, 0.3) is 0 Å². The summed E-state index contributed by atoms with van der Waals surface area (Å²) in [5.41, 5.74) is 2.78. The van der Waals surface area contributed by atoms with Gasteiger partial charge >= 0.3 is 0 Å². The molecule has 1 aromatic heterocycles. The van der Waals surface area contributed by atoms with Crippen LogP contribution in [0.3, 0.4) is 0 Å². The first kappa shape index (κ1) is 16.9. The molecule has 3 aromatic rings. The maximum atomic E-state index is 12.8. The van der Waals surface area contributed by atoms with E-state index in [0.29, 0.717) is 6.42 Å². The fourth-order valence-electron chi connectivity index (χ4n) is 2.65. The maximum Gasteiger partial charge on any atom is 0.242 e. The van der Waals surface area contributed by atoms with Crippen LogP contribution in [0.5, 0.6) is 0 Å². The van der Waals surface area contributed by atoms with Gasteiger partial charge in [0.15, 0.2) is 0 Å². The molecule has 25 heavy (non-hydrogen) atoms. The number of rotatable bonds is 6. The lowest BCUT2D eigenvalue weighted by Gasteiger charge is -2.23. The van der Waals surface area contributed by atoms with Crippen molar-refractivity contribution >= 4 is 11.6 Å². The van der Waals surface area contributed by atoms with Gasteiger partial charge in [0.2, 0.25) is 5.91 Å². The van der Waals surface area contributed by atoms with Gasteiger partial charge in [-0.25, -0.2) is 0 Å². The number of amides is 1. The van der Waals surface area contributed by atoms with Crippen molar-refractivity contribution in [3.05, 3.63) is 72.8 Å². The normalized spacial score (nSPS) is 12.1. The smallest absolute Gasteiger partial charge is 0.242 e. The van der Waals surface area contributed by atoms with Crippen molar-refractivity contribution in [1.82, 2.24) is 19.7 Å². The minimum Gasteiger partial charge on any atom is -0.325 e.